The number of anilines is 1. The van der Waals surface area contributed by atoms with E-state index >= 15 is 0 Å². The predicted molar refractivity (Wildman–Crippen MR) is 110 cm³/mol. The zero-order valence-corrected chi connectivity index (χ0v) is 17.0. The van der Waals surface area contributed by atoms with Crippen molar-refractivity contribution < 1.29 is 23.5 Å². The number of amides is 1. The van der Waals surface area contributed by atoms with E-state index in [1.165, 1.54) is 17.2 Å². The standard InChI is InChI=1S/C23H23FN2O4/c1-14(2)8-10-29-22-6-3-16(13-25-22)30-21-7-9-26(23(21)28)15-11-18-17(19(24)12-15)4-5-20(18)27/h3,6,8,11-13,21H,4-5,7,9-10H2,1-2H3/t21-/m1/s1. The Hall–Kier alpha value is -3.22. The summed E-state index contributed by atoms with van der Waals surface area (Å²) >= 11 is 0. The summed E-state index contributed by atoms with van der Waals surface area (Å²) in [5, 5.41) is 0. The molecule has 1 aromatic carbocycles. The van der Waals surface area contributed by atoms with E-state index in [2.05, 4.69) is 4.98 Å². The van der Waals surface area contributed by atoms with Crippen molar-refractivity contribution in [2.24, 2.45) is 0 Å². The van der Waals surface area contributed by atoms with Gasteiger partial charge in [0.25, 0.3) is 5.91 Å². The maximum Gasteiger partial charge on any atom is 0.268 e. The van der Waals surface area contributed by atoms with Gasteiger partial charge in [-0.3, -0.25) is 9.59 Å². The van der Waals surface area contributed by atoms with Crippen LogP contribution in [0, 0.1) is 5.82 Å². The number of ketones is 1. The SMILES string of the molecule is CC(C)=CCOc1ccc(O[C@@H]2CCN(c3cc(F)c4c(c3)C(=O)CC4)C2=O)cn1. The number of nitrogens with zero attached hydrogens (tertiary/aromatic N) is 2. The smallest absolute Gasteiger partial charge is 0.268 e. The summed E-state index contributed by atoms with van der Waals surface area (Å²) in [5.74, 6) is 0.155. The van der Waals surface area contributed by atoms with E-state index in [4.69, 9.17) is 9.47 Å². The molecule has 2 aromatic rings. The number of rotatable bonds is 6. The van der Waals surface area contributed by atoms with Crippen LogP contribution in [0.4, 0.5) is 10.1 Å². The van der Waals surface area contributed by atoms with E-state index in [9.17, 15) is 14.0 Å². The number of benzene rings is 1. The Morgan fingerprint density at radius 2 is 2.10 bits per heavy atom. The minimum absolute atomic E-state index is 0.0804. The second kappa shape index (κ2) is 8.26. The number of allylic oxidation sites excluding steroid dienone is 1. The molecule has 0 spiro atoms. The van der Waals surface area contributed by atoms with Crippen molar-refractivity contribution in [3.8, 4) is 11.6 Å². The normalized spacial score (nSPS) is 17.8. The van der Waals surface area contributed by atoms with Gasteiger partial charge in [0.1, 0.15) is 18.2 Å². The summed E-state index contributed by atoms with van der Waals surface area (Å²) in [5.41, 5.74) is 2.39. The monoisotopic (exact) mass is 410 g/mol. The molecule has 30 heavy (non-hydrogen) atoms. The van der Waals surface area contributed by atoms with Crippen molar-refractivity contribution in [2.75, 3.05) is 18.1 Å². The highest BCUT2D eigenvalue weighted by Gasteiger charge is 2.36. The van der Waals surface area contributed by atoms with Crippen molar-refractivity contribution in [3.63, 3.8) is 0 Å². The van der Waals surface area contributed by atoms with Gasteiger partial charge in [-0.25, -0.2) is 9.37 Å². The van der Waals surface area contributed by atoms with Crippen LogP contribution in [0.15, 0.2) is 42.1 Å². The molecule has 0 unspecified atom stereocenters. The molecule has 1 aliphatic heterocycles. The number of Topliss-reactive ketones (excluding diaryl/α,β-unsaturated/α-hetero) is 1. The molecule has 0 saturated carbocycles. The molecule has 0 N–H and O–H groups in total. The number of fused-ring (bicyclic) bond motifs is 1. The van der Waals surface area contributed by atoms with Crippen LogP contribution in [0.25, 0.3) is 0 Å². The minimum atomic E-state index is -0.684. The van der Waals surface area contributed by atoms with Crippen molar-refractivity contribution >= 4 is 17.4 Å². The van der Waals surface area contributed by atoms with Crippen LogP contribution in [0.3, 0.4) is 0 Å². The van der Waals surface area contributed by atoms with Gasteiger partial charge >= 0.3 is 0 Å². The Balaban J connectivity index is 1.42. The molecule has 1 aliphatic carbocycles. The Labute approximate surface area is 174 Å². The summed E-state index contributed by atoms with van der Waals surface area (Å²) in [6.45, 7) is 4.81. The van der Waals surface area contributed by atoms with Crippen LogP contribution in [0.5, 0.6) is 11.6 Å². The van der Waals surface area contributed by atoms with Crippen molar-refractivity contribution in [1.29, 1.82) is 0 Å². The molecule has 0 bridgehead atoms. The van der Waals surface area contributed by atoms with Gasteiger partial charge in [0.15, 0.2) is 11.9 Å². The fraction of sp³-hybridized carbons (Fsp3) is 0.348. The molecule has 2 aliphatic rings. The van der Waals surface area contributed by atoms with Crippen molar-refractivity contribution in [3.05, 3.63) is 59.1 Å². The van der Waals surface area contributed by atoms with Crippen LogP contribution in [0.1, 0.15) is 42.6 Å². The van der Waals surface area contributed by atoms with Crippen LogP contribution in [-0.2, 0) is 11.2 Å². The molecule has 1 amide bonds. The van der Waals surface area contributed by atoms with E-state index in [0.717, 1.165) is 5.57 Å². The number of hydrogen-bond donors (Lipinski definition) is 0. The van der Waals surface area contributed by atoms with Crippen molar-refractivity contribution in [1.82, 2.24) is 4.98 Å². The number of aromatic nitrogens is 1. The molecule has 6 nitrogen and oxygen atoms in total. The molecular formula is C23H23FN2O4. The number of hydrogen-bond acceptors (Lipinski definition) is 5. The highest BCUT2D eigenvalue weighted by Crippen LogP contribution is 2.32. The van der Waals surface area contributed by atoms with Crippen molar-refractivity contribution in [2.45, 2.75) is 39.2 Å². The van der Waals surface area contributed by atoms with E-state index in [0.29, 0.717) is 60.9 Å². The molecule has 1 saturated heterocycles. The lowest BCUT2D eigenvalue weighted by Gasteiger charge is -2.18. The second-order valence-corrected chi connectivity index (χ2v) is 7.69. The fourth-order valence-corrected chi connectivity index (χ4v) is 3.65. The number of ether oxygens (including phenoxy) is 2. The van der Waals surface area contributed by atoms with Gasteiger partial charge in [0.05, 0.1) is 6.20 Å². The van der Waals surface area contributed by atoms with Gasteiger partial charge in [0.2, 0.25) is 5.88 Å². The quantitative estimate of drug-likeness (QED) is 0.676. The third kappa shape index (κ3) is 4.06. The molecule has 7 heteroatoms. The first-order valence-electron chi connectivity index (χ1n) is 9.98. The Kier molecular flexibility index (Phi) is 5.53. The Bertz CT molecular complexity index is 1010. The molecule has 1 fully saturated rings. The lowest BCUT2D eigenvalue weighted by atomic mass is 10.1. The fourth-order valence-electron chi connectivity index (χ4n) is 3.65. The van der Waals surface area contributed by atoms with Gasteiger partial charge in [-0.15, -0.1) is 0 Å². The number of carbonyl (C=O) groups is 2. The molecule has 1 aromatic heterocycles. The van der Waals surface area contributed by atoms with Gasteiger partial charge in [-0.1, -0.05) is 5.57 Å². The lowest BCUT2D eigenvalue weighted by Crippen LogP contribution is -2.32. The third-order valence-corrected chi connectivity index (χ3v) is 5.26. The minimum Gasteiger partial charge on any atom is -0.479 e. The predicted octanol–water partition coefficient (Wildman–Crippen LogP) is 3.88. The number of carbonyl (C=O) groups excluding carboxylic acids is 2. The topological polar surface area (TPSA) is 68.7 Å². The molecule has 2 heterocycles. The first-order valence-corrected chi connectivity index (χ1v) is 9.98. The average Bonchev–Trinajstić information content (AvgIpc) is 3.26. The first-order chi connectivity index (χ1) is 14.4. The highest BCUT2D eigenvalue weighted by atomic mass is 19.1. The van der Waals surface area contributed by atoms with Gasteiger partial charge < -0.3 is 14.4 Å². The molecule has 1 atom stereocenters. The number of pyridine rings is 1. The highest BCUT2D eigenvalue weighted by molar-refractivity contribution is 6.04. The summed E-state index contributed by atoms with van der Waals surface area (Å²) < 4.78 is 25.7. The van der Waals surface area contributed by atoms with E-state index in [-0.39, 0.29) is 11.7 Å². The zero-order chi connectivity index (χ0) is 21.3. The second-order valence-electron chi connectivity index (χ2n) is 7.69. The van der Waals surface area contributed by atoms with E-state index in [1.807, 2.05) is 19.9 Å². The third-order valence-electron chi connectivity index (χ3n) is 5.26. The molecule has 0 radical (unpaired) electrons. The zero-order valence-electron chi connectivity index (χ0n) is 17.0. The summed E-state index contributed by atoms with van der Waals surface area (Å²) in [4.78, 5) is 30.5. The van der Waals surface area contributed by atoms with Gasteiger partial charge in [-0.05, 0) is 50.1 Å². The van der Waals surface area contributed by atoms with Crippen LogP contribution in [-0.4, -0.2) is 35.9 Å². The Morgan fingerprint density at radius 3 is 2.83 bits per heavy atom. The van der Waals surface area contributed by atoms with Gasteiger partial charge in [-0.2, -0.15) is 0 Å². The lowest BCUT2D eigenvalue weighted by molar-refractivity contribution is -0.122. The van der Waals surface area contributed by atoms with Gasteiger partial charge in [0, 0.05) is 36.7 Å². The summed E-state index contributed by atoms with van der Waals surface area (Å²) in [7, 11) is 0. The summed E-state index contributed by atoms with van der Waals surface area (Å²) in [6, 6.07) is 6.34. The molecule has 4 rings (SSSR count). The van der Waals surface area contributed by atoms with Crippen LogP contribution in [0.2, 0.25) is 0 Å². The maximum atomic E-state index is 14.4. The molecule has 156 valence electrons. The number of halogens is 1. The molecular weight excluding hydrogens is 387 g/mol. The van der Waals surface area contributed by atoms with E-state index < -0.39 is 11.9 Å². The maximum absolute atomic E-state index is 14.4. The summed E-state index contributed by atoms with van der Waals surface area (Å²) in [6.07, 6.45) is 3.98. The van der Waals surface area contributed by atoms with Crippen LogP contribution < -0.4 is 14.4 Å². The van der Waals surface area contributed by atoms with E-state index in [1.54, 1.807) is 18.2 Å². The first kappa shape index (κ1) is 20.1. The average molecular weight is 410 g/mol. The van der Waals surface area contributed by atoms with Crippen LogP contribution >= 0.6 is 0 Å². The Morgan fingerprint density at radius 1 is 1.27 bits per heavy atom. The largest absolute Gasteiger partial charge is 0.479 e.